The maximum absolute atomic E-state index is 5.57. The van der Waals surface area contributed by atoms with Gasteiger partial charge in [0, 0.05) is 41.5 Å². The number of hydrazine groups is 1. The molecular formula is C5H4Cl3N3. The highest BCUT2D eigenvalue weighted by Crippen LogP contribution is 2.18. The molecule has 0 aliphatic rings. The Labute approximate surface area is 79.4 Å². The maximum atomic E-state index is 5.57. The summed E-state index contributed by atoms with van der Waals surface area (Å²) in [6.45, 7) is 0. The third-order valence-electron chi connectivity index (χ3n) is 0.971. The van der Waals surface area contributed by atoms with Crippen molar-refractivity contribution >= 4 is 41.1 Å². The molecule has 0 unspecified atom stereocenters. The fourth-order valence-electron chi connectivity index (χ4n) is 0.540. The number of halogens is 3. The van der Waals surface area contributed by atoms with Crippen LogP contribution < -0.4 is 4.53 Å². The molecule has 0 aliphatic carbocycles. The van der Waals surface area contributed by atoms with E-state index in [1.54, 1.807) is 24.4 Å². The molecule has 0 aromatic carbocycles. The van der Waals surface area contributed by atoms with E-state index in [1.807, 2.05) is 0 Å². The van der Waals surface area contributed by atoms with Gasteiger partial charge in [-0.15, -0.1) is 0 Å². The van der Waals surface area contributed by atoms with Crippen molar-refractivity contribution in [2.45, 2.75) is 0 Å². The number of rotatable bonds is 2. The SMILES string of the molecule is ClN(Cl)N(Cl)c1ccccn1. The van der Waals surface area contributed by atoms with E-state index in [2.05, 4.69) is 4.98 Å². The van der Waals surface area contributed by atoms with Crippen molar-refractivity contribution in [3.05, 3.63) is 24.4 Å². The Morgan fingerprint density at radius 3 is 2.36 bits per heavy atom. The highest BCUT2D eigenvalue weighted by atomic mass is 35.5. The zero-order valence-corrected chi connectivity index (χ0v) is 7.55. The molecule has 0 bridgehead atoms. The molecule has 1 aromatic heterocycles. The van der Waals surface area contributed by atoms with Crippen molar-refractivity contribution in [1.82, 2.24) is 9.03 Å². The van der Waals surface area contributed by atoms with Gasteiger partial charge in [0.2, 0.25) is 0 Å². The zero-order chi connectivity index (χ0) is 8.27. The lowest BCUT2D eigenvalue weighted by Gasteiger charge is -2.14. The predicted octanol–water partition coefficient (Wildman–Crippen LogP) is 2.57. The van der Waals surface area contributed by atoms with Crippen LogP contribution in [0.1, 0.15) is 0 Å². The molecule has 0 fully saturated rings. The van der Waals surface area contributed by atoms with Gasteiger partial charge < -0.3 is 0 Å². The summed E-state index contributed by atoms with van der Waals surface area (Å²) >= 11 is 16.2. The lowest BCUT2D eigenvalue weighted by Crippen LogP contribution is -2.18. The summed E-state index contributed by atoms with van der Waals surface area (Å²) in [7, 11) is 0. The minimum atomic E-state index is 0.458. The van der Waals surface area contributed by atoms with Crippen LogP contribution in [0, 0.1) is 0 Å². The Morgan fingerprint density at radius 1 is 1.18 bits per heavy atom. The van der Waals surface area contributed by atoms with Crippen molar-refractivity contribution in [2.75, 3.05) is 4.53 Å². The van der Waals surface area contributed by atoms with Gasteiger partial charge in [-0.1, -0.05) is 6.07 Å². The molecule has 0 amide bonds. The fourth-order valence-corrected chi connectivity index (χ4v) is 0.795. The quantitative estimate of drug-likeness (QED) is 0.555. The van der Waals surface area contributed by atoms with Gasteiger partial charge in [0.1, 0.15) is 0 Å². The topological polar surface area (TPSA) is 19.4 Å². The van der Waals surface area contributed by atoms with Gasteiger partial charge in [-0.25, -0.2) is 4.98 Å². The molecule has 60 valence electrons. The summed E-state index contributed by atoms with van der Waals surface area (Å²) in [5.74, 6) is 0.458. The maximum Gasteiger partial charge on any atom is 0.161 e. The smallest absolute Gasteiger partial charge is 0.161 e. The Kier molecular flexibility index (Phi) is 3.20. The zero-order valence-electron chi connectivity index (χ0n) is 5.28. The minimum Gasteiger partial charge on any atom is -0.237 e. The van der Waals surface area contributed by atoms with Gasteiger partial charge in [0.05, 0.1) is 0 Å². The lowest BCUT2D eigenvalue weighted by atomic mass is 10.5. The molecule has 11 heavy (non-hydrogen) atoms. The lowest BCUT2D eigenvalue weighted by molar-refractivity contribution is 0.759. The molecule has 0 saturated carbocycles. The van der Waals surface area contributed by atoms with E-state index in [-0.39, 0.29) is 0 Å². The van der Waals surface area contributed by atoms with Gasteiger partial charge in [0.25, 0.3) is 0 Å². The van der Waals surface area contributed by atoms with Crippen LogP contribution in [0.15, 0.2) is 24.4 Å². The Bertz CT molecular complexity index is 215. The van der Waals surface area contributed by atoms with Gasteiger partial charge in [-0.3, -0.25) is 0 Å². The van der Waals surface area contributed by atoms with Crippen LogP contribution in [0.3, 0.4) is 0 Å². The van der Waals surface area contributed by atoms with Crippen LogP contribution in [0.5, 0.6) is 0 Å². The number of aromatic nitrogens is 1. The van der Waals surface area contributed by atoms with E-state index in [1.165, 1.54) is 0 Å². The normalized spacial score (nSPS) is 10.2. The first-order chi connectivity index (χ1) is 5.22. The molecule has 0 N–H and O–H groups in total. The minimum absolute atomic E-state index is 0.458. The summed E-state index contributed by atoms with van der Waals surface area (Å²) < 4.78 is 1.66. The third kappa shape index (κ3) is 2.38. The second kappa shape index (κ2) is 3.97. The molecule has 0 aliphatic heterocycles. The number of nitrogens with zero attached hydrogens (tertiary/aromatic N) is 3. The first-order valence-corrected chi connectivity index (χ1v) is 3.72. The molecule has 6 heteroatoms. The van der Waals surface area contributed by atoms with Gasteiger partial charge in [-0.05, 0) is 16.2 Å². The van der Waals surface area contributed by atoms with Crippen LogP contribution >= 0.6 is 35.3 Å². The number of anilines is 1. The summed E-state index contributed by atoms with van der Waals surface area (Å²) in [6.07, 6.45) is 1.59. The van der Waals surface area contributed by atoms with E-state index in [0.29, 0.717) is 9.86 Å². The molecule has 1 heterocycles. The molecule has 0 spiro atoms. The molecule has 0 saturated heterocycles. The molecule has 3 nitrogen and oxygen atoms in total. The summed E-state index contributed by atoms with van der Waals surface area (Å²) in [4.78, 5) is 3.88. The Morgan fingerprint density at radius 2 is 1.91 bits per heavy atom. The molecule has 0 radical (unpaired) electrons. The van der Waals surface area contributed by atoms with Crippen LogP contribution in [0.4, 0.5) is 5.82 Å². The standard InChI is InChI=1S/C5H4Cl3N3/c6-10(11(7)8)5-3-1-2-4-9-5/h1-4H. The van der Waals surface area contributed by atoms with Crippen LogP contribution in [0.2, 0.25) is 0 Å². The van der Waals surface area contributed by atoms with E-state index in [9.17, 15) is 0 Å². The first-order valence-electron chi connectivity index (χ1n) is 2.70. The summed E-state index contributed by atoms with van der Waals surface area (Å²) in [5, 5.41) is 0. The van der Waals surface area contributed by atoms with E-state index in [0.717, 1.165) is 4.53 Å². The van der Waals surface area contributed by atoms with Gasteiger partial charge in [0.15, 0.2) is 5.82 Å². The van der Waals surface area contributed by atoms with E-state index >= 15 is 0 Å². The molecule has 1 rings (SSSR count). The molecular weight excluding hydrogens is 208 g/mol. The molecule has 1 aromatic rings. The Hall–Kier alpha value is -0.220. The first kappa shape index (κ1) is 8.87. The number of hydrogen-bond acceptors (Lipinski definition) is 3. The van der Waals surface area contributed by atoms with Gasteiger partial charge >= 0.3 is 0 Å². The largest absolute Gasteiger partial charge is 0.237 e. The van der Waals surface area contributed by atoms with E-state index < -0.39 is 0 Å². The number of hydrogen-bond donors (Lipinski definition) is 0. The monoisotopic (exact) mass is 211 g/mol. The van der Waals surface area contributed by atoms with Crippen LogP contribution in [-0.4, -0.2) is 9.03 Å². The van der Waals surface area contributed by atoms with Crippen molar-refractivity contribution in [3.8, 4) is 0 Å². The summed E-state index contributed by atoms with van der Waals surface area (Å²) in [5.41, 5.74) is 0. The number of pyridine rings is 1. The summed E-state index contributed by atoms with van der Waals surface area (Å²) in [6, 6.07) is 5.21. The molecule has 0 atom stereocenters. The van der Waals surface area contributed by atoms with E-state index in [4.69, 9.17) is 35.3 Å². The van der Waals surface area contributed by atoms with Crippen molar-refractivity contribution in [1.29, 1.82) is 0 Å². The highest BCUT2D eigenvalue weighted by Gasteiger charge is 2.08. The average Bonchev–Trinajstić information content (AvgIpc) is 2.05. The second-order valence-corrected chi connectivity index (χ2v) is 2.80. The van der Waals surface area contributed by atoms with Crippen LogP contribution in [0.25, 0.3) is 0 Å². The van der Waals surface area contributed by atoms with Crippen molar-refractivity contribution in [2.24, 2.45) is 0 Å². The average molecular weight is 212 g/mol. The van der Waals surface area contributed by atoms with Crippen LogP contribution in [-0.2, 0) is 0 Å². The van der Waals surface area contributed by atoms with Crippen molar-refractivity contribution < 1.29 is 0 Å². The fraction of sp³-hybridized carbons (Fsp3) is 0. The van der Waals surface area contributed by atoms with Gasteiger partial charge in [-0.2, -0.15) is 4.53 Å². The predicted molar refractivity (Wildman–Crippen MR) is 46.1 cm³/mol. The second-order valence-electron chi connectivity index (χ2n) is 1.66. The highest BCUT2D eigenvalue weighted by molar-refractivity contribution is 6.39. The Balaban J connectivity index is 2.77. The third-order valence-corrected chi connectivity index (χ3v) is 1.75. The van der Waals surface area contributed by atoms with Crippen molar-refractivity contribution in [3.63, 3.8) is 0 Å².